The molecule has 2 aliphatic heterocycles. The Kier molecular flexibility index (Phi) is 7.70. The van der Waals surface area contributed by atoms with Crippen LogP contribution in [0.25, 0.3) is 22.3 Å². The van der Waals surface area contributed by atoms with Crippen molar-refractivity contribution in [2.24, 2.45) is 12.5 Å². The number of hydrogen-bond donors (Lipinski definition) is 1. The predicted molar refractivity (Wildman–Crippen MR) is 159 cm³/mol. The molecule has 4 aromatic heterocycles. The van der Waals surface area contributed by atoms with E-state index in [4.69, 9.17) is 0 Å². The number of fused-ring (bicyclic) bond motifs is 1. The van der Waals surface area contributed by atoms with E-state index < -0.39 is 5.82 Å². The lowest BCUT2D eigenvalue weighted by Crippen LogP contribution is -2.46. The SMILES string of the molecule is CCN1CCC2(CC1)CCN(Cc1ccc(Nc3ncc(F)c(-c4cnc5nn(C)c(C(C)C)c5c4)n3)nc1)CC2. The highest BCUT2D eigenvalue weighted by Crippen LogP contribution is 2.41. The van der Waals surface area contributed by atoms with Crippen molar-refractivity contribution >= 4 is 22.8 Å². The molecule has 10 heteroatoms. The Hall–Kier alpha value is -3.50. The molecule has 1 N–H and O–H groups in total. The lowest BCUT2D eigenvalue weighted by Gasteiger charge is -2.46. The van der Waals surface area contributed by atoms with Crippen LogP contribution in [0.2, 0.25) is 0 Å². The van der Waals surface area contributed by atoms with E-state index in [1.54, 1.807) is 6.20 Å². The van der Waals surface area contributed by atoms with Gasteiger partial charge in [-0.2, -0.15) is 5.10 Å². The second kappa shape index (κ2) is 11.4. The number of hydrogen-bond acceptors (Lipinski definition) is 8. The van der Waals surface area contributed by atoms with E-state index in [1.165, 1.54) is 57.1 Å². The first-order chi connectivity index (χ1) is 19.8. The third-order valence-corrected chi connectivity index (χ3v) is 9.05. The van der Waals surface area contributed by atoms with Gasteiger partial charge in [-0.1, -0.05) is 26.8 Å². The van der Waals surface area contributed by atoms with Crippen molar-refractivity contribution in [3.8, 4) is 11.3 Å². The van der Waals surface area contributed by atoms with E-state index in [2.05, 4.69) is 67.0 Å². The van der Waals surface area contributed by atoms with Crippen LogP contribution in [0.5, 0.6) is 0 Å². The molecular weight excluding hydrogens is 517 g/mol. The van der Waals surface area contributed by atoms with Gasteiger partial charge in [0.15, 0.2) is 11.5 Å². The molecule has 41 heavy (non-hydrogen) atoms. The van der Waals surface area contributed by atoms with Crippen molar-refractivity contribution in [2.75, 3.05) is 38.0 Å². The van der Waals surface area contributed by atoms with Crippen LogP contribution in [-0.2, 0) is 13.6 Å². The number of likely N-dealkylation sites (tertiary alicyclic amines) is 2. The summed E-state index contributed by atoms with van der Waals surface area (Å²) in [6.07, 6.45) is 9.98. The zero-order valence-corrected chi connectivity index (χ0v) is 24.6. The van der Waals surface area contributed by atoms with Crippen LogP contribution in [-0.4, -0.2) is 72.2 Å². The van der Waals surface area contributed by atoms with Gasteiger partial charge in [0.05, 0.1) is 11.9 Å². The van der Waals surface area contributed by atoms with Gasteiger partial charge in [0.1, 0.15) is 11.5 Å². The van der Waals surface area contributed by atoms with Crippen molar-refractivity contribution in [2.45, 2.75) is 58.9 Å². The van der Waals surface area contributed by atoms with Crippen LogP contribution in [0.3, 0.4) is 0 Å². The molecule has 0 atom stereocenters. The number of nitrogens with zero attached hydrogens (tertiary/aromatic N) is 8. The average molecular weight is 558 g/mol. The van der Waals surface area contributed by atoms with Gasteiger partial charge < -0.3 is 10.2 Å². The van der Waals surface area contributed by atoms with E-state index in [-0.39, 0.29) is 17.6 Å². The van der Waals surface area contributed by atoms with Gasteiger partial charge >= 0.3 is 0 Å². The normalized spacial score (nSPS) is 18.0. The number of pyridine rings is 2. The van der Waals surface area contributed by atoms with Crippen molar-refractivity contribution in [3.05, 3.63) is 53.9 Å². The quantitative estimate of drug-likeness (QED) is 0.318. The fraction of sp³-hybridized carbons (Fsp3) is 0.516. The van der Waals surface area contributed by atoms with Crippen molar-refractivity contribution < 1.29 is 4.39 Å². The molecule has 0 aliphatic carbocycles. The van der Waals surface area contributed by atoms with E-state index in [0.717, 1.165) is 30.7 Å². The minimum Gasteiger partial charge on any atom is -0.309 e. The monoisotopic (exact) mass is 557 g/mol. The number of piperidine rings is 2. The molecule has 0 aromatic carbocycles. The van der Waals surface area contributed by atoms with Crippen LogP contribution in [0, 0.1) is 11.2 Å². The second-order valence-corrected chi connectivity index (χ2v) is 12.0. The minimum atomic E-state index is -0.505. The molecule has 0 bridgehead atoms. The number of aromatic nitrogens is 6. The zero-order valence-electron chi connectivity index (χ0n) is 24.6. The topological polar surface area (TPSA) is 87.9 Å². The summed E-state index contributed by atoms with van der Waals surface area (Å²) in [5.41, 5.74) is 4.20. The van der Waals surface area contributed by atoms with Gasteiger partial charge in [-0.3, -0.25) is 9.58 Å². The molecule has 2 fully saturated rings. The van der Waals surface area contributed by atoms with Gasteiger partial charge in [0.2, 0.25) is 5.95 Å². The Bertz CT molecular complexity index is 1500. The molecule has 2 aliphatic rings. The van der Waals surface area contributed by atoms with E-state index in [1.807, 2.05) is 30.1 Å². The molecule has 2 saturated heterocycles. The third-order valence-electron chi connectivity index (χ3n) is 9.05. The van der Waals surface area contributed by atoms with Gasteiger partial charge in [0.25, 0.3) is 0 Å². The highest BCUT2D eigenvalue weighted by atomic mass is 19.1. The number of nitrogens with one attached hydrogen (secondary N) is 1. The zero-order chi connectivity index (χ0) is 28.6. The number of rotatable bonds is 7. The molecule has 4 aromatic rings. The highest BCUT2D eigenvalue weighted by molar-refractivity contribution is 5.83. The fourth-order valence-electron chi connectivity index (χ4n) is 6.53. The van der Waals surface area contributed by atoms with E-state index in [0.29, 0.717) is 22.4 Å². The Morgan fingerprint density at radius 2 is 1.68 bits per heavy atom. The summed E-state index contributed by atoms with van der Waals surface area (Å²) in [5.74, 6) is 0.648. The van der Waals surface area contributed by atoms with Crippen LogP contribution in [0.15, 0.2) is 36.8 Å². The van der Waals surface area contributed by atoms with Gasteiger partial charge in [-0.05, 0) is 87.4 Å². The first-order valence-electron chi connectivity index (χ1n) is 14.8. The largest absolute Gasteiger partial charge is 0.309 e. The summed E-state index contributed by atoms with van der Waals surface area (Å²) in [4.78, 5) is 22.8. The Labute approximate surface area is 241 Å². The summed E-state index contributed by atoms with van der Waals surface area (Å²) < 4.78 is 16.7. The van der Waals surface area contributed by atoms with E-state index in [9.17, 15) is 4.39 Å². The Balaban J connectivity index is 1.10. The Morgan fingerprint density at radius 1 is 0.951 bits per heavy atom. The number of aryl methyl sites for hydroxylation is 1. The van der Waals surface area contributed by atoms with Gasteiger partial charge in [0, 0.05) is 36.9 Å². The molecule has 0 radical (unpaired) electrons. The molecule has 0 amide bonds. The first-order valence-corrected chi connectivity index (χ1v) is 14.8. The third kappa shape index (κ3) is 5.81. The van der Waals surface area contributed by atoms with Crippen molar-refractivity contribution in [1.29, 1.82) is 0 Å². The Morgan fingerprint density at radius 3 is 2.34 bits per heavy atom. The highest BCUT2D eigenvalue weighted by Gasteiger charge is 2.37. The van der Waals surface area contributed by atoms with Gasteiger partial charge in [-0.25, -0.2) is 24.3 Å². The number of anilines is 2. The van der Waals surface area contributed by atoms with Crippen molar-refractivity contribution in [1.82, 2.24) is 39.5 Å². The molecule has 9 nitrogen and oxygen atoms in total. The average Bonchev–Trinajstić information content (AvgIpc) is 3.32. The fourth-order valence-corrected chi connectivity index (χ4v) is 6.53. The molecule has 6 heterocycles. The maximum Gasteiger partial charge on any atom is 0.229 e. The predicted octanol–water partition coefficient (Wildman–Crippen LogP) is 5.52. The summed E-state index contributed by atoms with van der Waals surface area (Å²) in [5, 5.41) is 8.52. The molecule has 216 valence electrons. The second-order valence-electron chi connectivity index (χ2n) is 12.0. The van der Waals surface area contributed by atoms with Crippen LogP contribution >= 0.6 is 0 Å². The first kappa shape index (κ1) is 27.7. The molecule has 6 rings (SSSR count). The smallest absolute Gasteiger partial charge is 0.229 e. The molecule has 1 spiro atoms. The van der Waals surface area contributed by atoms with Crippen LogP contribution in [0.4, 0.5) is 16.2 Å². The summed E-state index contributed by atoms with van der Waals surface area (Å²) in [7, 11) is 1.90. The lowest BCUT2D eigenvalue weighted by molar-refractivity contribution is 0.0340. The van der Waals surface area contributed by atoms with Gasteiger partial charge in [-0.15, -0.1) is 0 Å². The number of halogens is 1. The molecule has 0 saturated carbocycles. The molecular formula is C31H40FN9. The lowest BCUT2D eigenvalue weighted by atomic mass is 9.71. The maximum atomic E-state index is 14.9. The summed E-state index contributed by atoms with van der Waals surface area (Å²) in [6, 6.07) is 5.94. The van der Waals surface area contributed by atoms with Crippen molar-refractivity contribution in [3.63, 3.8) is 0 Å². The van der Waals surface area contributed by atoms with Crippen LogP contribution in [0.1, 0.15) is 63.6 Å². The summed E-state index contributed by atoms with van der Waals surface area (Å²) in [6.45, 7) is 13.4. The minimum absolute atomic E-state index is 0.190. The van der Waals surface area contributed by atoms with E-state index >= 15 is 0 Å². The molecule has 0 unspecified atom stereocenters. The maximum absolute atomic E-state index is 14.9. The summed E-state index contributed by atoms with van der Waals surface area (Å²) >= 11 is 0. The standard InChI is InChI=1S/C31H40FN9/c1-5-40-12-8-31(9-13-40)10-14-41(15-11-31)20-22-6-7-26(33-17-22)36-30-35-19-25(32)27(37-30)23-16-24-28(21(2)3)39(4)38-29(24)34-18-23/h6-7,16-19,21H,5,8-15,20H2,1-4H3,(H,33,35,36,37). The van der Waals surface area contributed by atoms with Crippen LogP contribution < -0.4 is 5.32 Å².